The molecule has 2 rings (SSSR count). The molecule has 1 amide bonds. The van der Waals surface area contributed by atoms with E-state index in [9.17, 15) is 4.79 Å². The van der Waals surface area contributed by atoms with Gasteiger partial charge in [0.2, 0.25) is 0 Å². The maximum atomic E-state index is 11.6. The van der Waals surface area contributed by atoms with Crippen LogP contribution in [0, 0.1) is 6.92 Å². The Kier molecular flexibility index (Phi) is 2.96. The lowest BCUT2D eigenvalue weighted by atomic mass is 10.1. The van der Waals surface area contributed by atoms with Crippen molar-refractivity contribution in [1.82, 2.24) is 0 Å². The first-order valence-corrected chi connectivity index (χ1v) is 5.54. The number of rotatable bonds is 2. The molecule has 0 bridgehead atoms. The van der Waals surface area contributed by atoms with E-state index in [0.29, 0.717) is 5.57 Å². The van der Waals surface area contributed by atoms with Crippen molar-refractivity contribution in [3.63, 3.8) is 0 Å². The Morgan fingerprint density at radius 2 is 2.00 bits per heavy atom. The van der Waals surface area contributed by atoms with Gasteiger partial charge in [0.25, 0.3) is 5.91 Å². The highest BCUT2D eigenvalue weighted by Crippen LogP contribution is 2.24. The molecule has 0 aromatic heterocycles. The van der Waals surface area contributed by atoms with Gasteiger partial charge < -0.3 is 5.32 Å². The monoisotopic (exact) mass is 225 g/mol. The summed E-state index contributed by atoms with van der Waals surface area (Å²) < 4.78 is 0. The van der Waals surface area contributed by atoms with Crippen LogP contribution in [0.4, 0.5) is 5.69 Å². The average Bonchev–Trinajstić information content (AvgIpc) is 2.28. The maximum absolute atomic E-state index is 11.6. The van der Waals surface area contributed by atoms with Crippen LogP contribution >= 0.6 is 0 Å². The fourth-order valence-electron chi connectivity index (χ4n) is 1.74. The third-order valence-electron chi connectivity index (χ3n) is 2.67. The zero-order valence-electron chi connectivity index (χ0n) is 10.1. The van der Waals surface area contributed by atoms with E-state index >= 15 is 0 Å². The standard InChI is InChI=1S/C15H15NO/c1-10(2)15(17)16-14-6-4-5-12-9-11(3)7-8-13(12)14/h4-9H,1H2,2-3H3,(H,16,17). The molecular formula is C15H15NO. The van der Waals surface area contributed by atoms with Gasteiger partial charge in [0.05, 0.1) is 0 Å². The fourth-order valence-corrected chi connectivity index (χ4v) is 1.74. The molecule has 0 aliphatic rings. The molecule has 0 unspecified atom stereocenters. The van der Waals surface area contributed by atoms with E-state index in [-0.39, 0.29) is 5.91 Å². The Labute approximate surface area is 101 Å². The lowest BCUT2D eigenvalue weighted by Gasteiger charge is -2.09. The molecule has 0 heterocycles. The van der Waals surface area contributed by atoms with Crippen LogP contribution in [-0.4, -0.2) is 5.91 Å². The van der Waals surface area contributed by atoms with Crippen LogP contribution in [0.5, 0.6) is 0 Å². The summed E-state index contributed by atoms with van der Waals surface area (Å²) in [6, 6.07) is 12.1. The van der Waals surface area contributed by atoms with Crippen molar-refractivity contribution >= 4 is 22.4 Å². The minimum Gasteiger partial charge on any atom is -0.322 e. The van der Waals surface area contributed by atoms with Crippen molar-refractivity contribution in [3.8, 4) is 0 Å². The second-order valence-electron chi connectivity index (χ2n) is 4.26. The average molecular weight is 225 g/mol. The number of fused-ring (bicyclic) bond motifs is 1. The summed E-state index contributed by atoms with van der Waals surface area (Å²) in [6.45, 7) is 7.39. The lowest BCUT2D eigenvalue weighted by molar-refractivity contribution is -0.112. The van der Waals surface area contributed by atoms with Crippen LogP contribution in [0.3, 0.4) is 0 Å². The molecule has 0 spiro atoms. The molecule has 0 saturated carbocycles. The molecule has 0 atom stereocenters. The summed E-state index contributed by atoms with van der Waals surface area (Å²) >= 11 is 0. The van der Waals surface area contributed by atoms with Gasteiger partial charge in [0, 0.05) is 16.6 Å². The minimum atomic E-state index is -0.141. The minimum absolute atomic E-state index is 0.141. The number of benzene rings is 2. The zero-order chi connectivity index (χ0) is 12.4. The van der Waals surface area contributed by atoms with E-state index in [4.69, 9.17) is 0 Å². The predicted molar refractivity (Wildman–Crippen MR) is 72.1 cm³/mol. The van der Waals surface area contributed by atoms with Gasteiger partial charge in [-0.05, 0) is 25.3 Å². The summed E-state index contributed by atoms with van der Waals surface area (Å²) in [6.07, 6.45) is 0. The highest BCUT2D eigenvalue weighted by Gasteiger charge is 2.05. The molecule has 0 radical (unpaired) electrons. The quantitative estimate of drug-likeness (QED) is 0.776. The van der Waals surface area contributed by atoms with Crippen molar-refractivity contribution in [2.45, 2.75) is 13.8 Å². The Morgan fingerprint density at radius 3 is 2.71 bits per heavy atom. The van der Waals surface area contributed by atoms with Crippen LogP contribution < -0.4 is 5.32 Å². The lowest BCUT2D eigenvalue weighted by Crippen LogP contribution is -2.11. The van der Waals surface area contributed by atoms with Crippen LogP contribution in [0.15, 0.2) is 48.6 Å². The van der Waals surface area contributed by atoms with E-state index in [0.717, 1.165) is 16.5 Å². The molecule has 2 aromatic rings. The molecule has 0 aliphatic heterocycles. The summed E-state index contributed by atoms with van der Waals surface area (Å²) in [4.78, 5) is 11.6. The van der Waals surface area contributed by atoms with Gasteiger partial charge in [-0.1, -0.05) is 42.5 Å². The van der Waals surface area contributed by atoms with Crippen LogP contribution in [-0.2, 0) is 4.79 Å². The van der Waals surface area contributed by atoms with Gasteiger partial charge in [-0.2, -0.15) is 0 Å². The van der Waals surface area contributed by atoms with E-state index in [1.165, 1.54) is 5.56 Å². The second kappa shape index (κ2) is 4.42. The summed E-state index contributed by atoms with van der Waals surface area (Å²) in [7, 11) is 0. The fraction of sp³-hybridized carbons (Fsp3) is 0.133. The summed E-state index contributed by atoms with van der Waals surface area (Å²) in [5.74, 6) is -0.141. The number of amides is 1. The van der Waals surface area contributed by atoms with Gasteiger partial charge >= 0.3 is 0 Å². The number of anilines is 1. The van der Waals surface area contributed by atoms with Gasteiger partial charge in [-0.3, -0.25) is 4.79 Å². The number of hydrogen-bond acceptors (Lipinski definition) is 1. The topological polar surface area (TPSA) is 29.1 Å². The third-order valence-corrected chi connectivity index (χ3v) is 2.67. The third kappa shape index (κ3) is 2.36. The van der Waals surface area contributed by atoms with Crippen molar-refractivity contribution in [1.29, 1.82) is 0 Å². The highest BCUT2D eigenvalue weighted by molar-refractivity contribution is 6.08. The van der Waals surface area contributed by atoms with Gasteiger partial charge in [0.1, 0.15) is 0 Å². The smallest absolute Gasteiger partial charge is 0.250 e. The second-order valence-corrected chi connectivity index (χ2v) is 4.26. The van der Waals surface area contributed by atoms with Crippen LogP contribution in [0.25, 0.3) is 10.8 Å². The Hall–Kier alpha value is -2.09. The molecule has 86 valence electrons. The van der Waals surface area contributed by atoms with Crippen molar-refractivity contribution < 1.29 is 4.79 Å². The van der Waals surface area contributed by atoms with E-state index in [1.807, 2.05) is 30.3 Å². The molecule has 1 N–H and O–H groups in total. The van der Waals surface area contributed by atoms with Gasteiger partial charge in [-0.15, -0.1) is 0 Å². The van der Waals surface area contributed by atoms with E-state index < -0.39 is 0 Å². The predicted octanol–water partition coefficient (Wildman–Crippen LogP) is 3.66. The molecule has 17 heavy (non-hydrogen) atoms. The normalized spacial score (nSPS) is 10.2. The first kappa shape index (κ1) is 11.4. The Balaban J connectivity index is 2.48. The largest absolute Gasteiger partial charge is 0.322 e. The number of carbonyl (C=O) groups is 1. The first-order valence-electron chi connectivity index (χ1n) is 5.54. The maximum Gasteiger partial charge on any atom is 0.250 e. The molecule has 0 aliphatic carbocycles. The molecule has 2 heteroatoms. The number of hydrogen-bond donors (Lipinski definition) is 1. The molecule has 2 aromatic carbocycles. The molecular weight excluding hydrogens is 210 g/mol. The van der Waals surface area contributed by atoms with Crippen molar-refractivity contribution in [2.75, 3.05) is 5.32 Å². The van der Waals surface area contributed by atoms with Crippen LogP contribution in [0.1, 0.15) is 12.5 Å². The first-order chi connectivity index (χ1) is 8.08. The Morgan fingerprint density at radius 1 is 1.24 bits per heavy atom. The molecule has 0 fully saturated rings. The van der Waals surface area contributed by atoms with Crippen molar-refractivity contribution in [2.24, 2.45) is 0 Å². The van der Waals surface area contributed by atoms with Gasteiger partial charge in [0.15, 0.2) is 0 Å². The Bertz CT molecular complexity index is 599. The highest BCUT2D eigenvalue weighted by atomic mass is 16.1. The summed E-state index contributed by atoms with van der Waals surface area (Å²) in [5, 5.41) is 5.04. The zero-order valence-corrected chi connectivity index (χ0v) is 10.1. The number of nitrogens with one attached hydrogen (secondary N) is 1. The molecule has 2 nitrogen and oxygen atoms in total. The molecule has 0 saturated heterocycles. The number of carbonyl (C=O) groups excluding carboxylic acids is 1. The van der Waals surface area contributed by atoms with Crippen LogP contribution in [0.2, 0.25) is 0 Å². The van der Waals surface area contributed by atoms with E-state index in [2.05, 4.69) is 24.9 Å². The number of aryl methyl sites for hydroxylation is 1. The van der Waals surface area contributed by atoms with Gasteiger partial charge in [-0.25, -0.2) is 0 Å². The SMILES string of the molecule is C=C(C)C(=O)Nc1cccc2cc(C)ccc12. The van der Waals surface area contributed by atoms with E-state index in [1.54, 1.807) is 6.92 Å². The summed E-state index contributed by atoms with van der Waals surface area (Å²) in [5.41, 5.74) is 2.55. The van der Waals surface area contributed by atoms with Crippen molar-refractivity contribution in [3.05, 3.63) is 54.1 Å².